The van der Waals surface area contributed by atoms with Gasteiger partial charge in [-0.3, -0.25) is 19.8 Å². The third-order valence-electron chi connectivity index (χ3n) is 4.58. The number of urea groups is 1. The molecule has 0 saturated heterocycles. The maximum Gasteiger partial charge on any atom is 0.328 e. The summed E-state index contributed by atoms with van der Waals surface area (Å²) in [6.07, 6.45) is 1.94. The van der Waals surface area contributed by atoms with E-state index >= 15 is 0 Å². The van der Waals surface area contributed by atoms with Crippen LogP contribution in [0.2, 0.25) is 0 Å². The second kappa shape index (κ2) is 11.4. The molecule has 2 aromatic rings. The van der Waals surface area contributed by atoms with E-state index in [1.54, 1.807) is 32.4 Å². The van der Waals surface area contributed by atoms with E-state index in [1.807, 2.05) is 6.07 Å². The number of hydrogen-bond donors (Lipinski definition) is 2. The summed E-state index contributed by atoms with van der Waals surface area (Å²) < 4.78 is 4.98. The highest BCUT2D eigenvalue weighted by Gasteiger charge is 2.17. The zero-order chi connectivity index (χ0) is 23.7. The van der Waals surface area contributed by atoms with Crippen LogP contribution >= 0.6 is 0 Å². The third kappa shape index (κ3) is 6.23. The van der Waals surface area contributed by atoms with Crippen LogP contribution in [-0.4, -0.2) is 67.4 Å². The fraction of sp³-hybridized carbons (Fsp3) is 0.333. The molecule has 0 bridgehead atoms. The number of nitrogens with one attached hydrogen (secondary N) is 2. The standard InChI is InChI=1S/C21H25N7O4/c1-14(30)27(2)12-15-5-6-20(25-18(15)13-29)28(3)21(31)26-19-9-17(23-7-8-32-4)16(10-22)11-24-19/h5-6,9,11,13H,7-8,12H2,1-4H3,(H2,23,24,26,31). The Morgan fingerprint density at radius 2 is 2.06 bits per heavy atom. The molecule has 0 aliphatic heterocycles. The van der Waals surface area contributed by atoms with Crippen molar-refractivity contribution in [1.82, 2.24) is 14.9 Å². The maximum absolute atomic E-state index is 12.7. The Morgan fingerprint density at radius 1 is 1.31 bits per heavy atom. The summed E-state index contributed by atoms with van der Waals surface area (Å²) in [7, 11) is 4.68. The first kappa shape index (κ1) is 24.2. The number of nitrogens with zero attached hydrogens (tertiary/aromatic N) is 5. The van der Waals surface area contributed by atoms with E-state index in [4.69, 9.17) is 4.74 Å². The number of amides is 3. The smallest absolute Gasteiger partial charge is 0.328 e. The molecule has 0 aromatic carbocycles. The van der Waals surface area contributed by atoms with Crippen LogP contribution in [0.5, 0.6) is 0 Å². The third-order valence-corrected chi connectivity index (χ3v) is 4.58. The molecule has 0 aliphatic rings. The topological polar surface area (TPSA) is 141 Å². The number of carbonyl (C=O) groups excluding carboxylic acids is 3. The van der Waals surface area contributed by atoms with Crippen LogP contribution in [0.4, 0.5) is 22.1 Å². The normalized spacial score (nSPS) is 10.1. The molecule has 0 spiro atoms. The van der Waals surface area contributed by atoms with Crippen molar-refractivity contribution in [2.24, 2.45) is 0 Å². The lowest BCUT2D eigenvalue weighted by Gasteiger charge is -2.20. The average molecular weight is 439 g/mol. The van der Waals surface area contributed by atoms with E-state index in [9.17, 15) is 19.6 Å². The highest BCUT2D eigenvalue weighted by Crippen LogP contribution is 2.19. The zero-order valence-electron chi connectivity index (χ0n) is 18.4. The quantitative estimate of drug-likeness (QED) is 0.446. The van der Waals surface area contributed by atoms with Gasteiger partial charge in [-0.1, -0.05) is 6.07 Å². The van der Waals surface area contributed by atoms with Gasteiger partial charge in [-0.2, -0.15) is 5.26 Å². The lowest BCUT2D eigenvalue weighted by atomic mass is 10.2. The predicted molar refractivity (Wildman–Crippen MR) is 119 cm³/mol. The summed E-state index contributed by atoms with van der Waals surface area (Å²) in [6.45, 7) is 2.57. The van der Waals surface area contributed by atoms with Crippen LogP contribution in [-0.2, 0) is 16.1 Å². The Labute approximate surface area is 186 Å². The average Bonchev–Trinajstić information content (AvgIpc) is 2.79. The number of anilines is 3. The Kier molecular flexibility index (Phi) is 8.62. The lowest BCUT2D eigenvalue weighted by molar-refractivity contribution is -0.128. The van der Waals surface area contributed by atoms with Crippen LogP contribution in [0, 0.1) is 11.3 Å². The minimum Gasteiger partial charge on any atom is -0.383 e. The number of aldehydes is 1. The van der Waals surface area contributed by atoms with Crippen LogP contribution in [0.3, 0.4) is 0 Å². The molecule has 0 radical (unpaired) electrons. The van der Waals surface area contributed by atoms with Crippen LogP contribution < -0.4 is 15.5 Å². The summed E-state index contributed by atoms with van der Waals surface area (Å²) in [4.78, 5) is 46.6. The molecule has 3 amide bonds. The summed E-state index contributed by atoms with van der Waals surface area (Å²) in [6, 6.07) is 6.27. The van der Waals surface area contributed by atoms with Crippen molar-refractivity contribution in [1.29, 1.82) is 5.26 Å². The summed E-state index contributed by atoms with van der Waals surface area (Å²) >= 11 is 0. The zero-order valence-corrected chi connectivity index (χ0v) is 18.4. The highest BCUT2D eigenvalue weighted by molar-refractivity contribution is 6.00. The van der Waals surface area contributed by atoms with Gasteiger partial charge in [0.15, 0.2) is 6.29 Å². The molecular weight excluding hydrogens is 414 g/mol. The molecular formula is C21H25N7O4. The minimum atomic E-state index is -0.539. The second-order valence-electron chi connectivity index (χ2n) is 6.84. The minimum absolute atomic E-state index is 0.136. The molecule has 0 atom stereocenters. The van der Waals surface area contributed by atoms with Crippen molar-refractivity contribution >= 4 is 35.5 Å². The number of pyridine rings is 2. The summed E-state index contributed by atoms with van der Waals surface area (Å²) in [5.41, 5.74) is 1.54. The molecule has 0 unspecified atom stereocenters. The van der Waals surface area contributed by atoms with Crippen molar-refractivity contribution in [2.75, 3.05) is 49.9 Å². The molecule has 168 valence electrons. The number of nitriles is 1. The molecule has 0 aliphatic carbocycles. The highest BCUT2D eigenvalue weighted by atomic mass is 16.5. The fourth-order valence-electron chi connectivity index (χ4n) is 2.63. The molecule has 2 rings (SSSR count). The van der Waals surface area contributed by atoms with Gasteiger partial charge in [0.1, 0.15) is 23.4 Å². The molecule has 0 fully saturated rings. The van der Waals surface area contributed by atoms with Gasteiger partial charge in [-0.25, -0.2) is 14.8 Å². The van der Waals surface area contributed by atoms with Crippen molar-refractivity contribution in [3.63, 3.8) is 0 Å². The predicted octanol–water partition coefficient (Wildman–Crippen LogP) is 1.87. The number of aromatic nitrogens is 2. The van der Waals surface area contributed by atoms with Gasteiger partial charge in [0.2, 0.25) is 5.91 Å². The van der Waals surface area contributed by atoms with E-state index in [0.717, 1.165) is 0 Å². The Bertz CT molecular complexity index is 1040. The van der Waals surface area contributed by atoms with Crippen molar-refractivity contribution in [3.05, 3.63) is 41.2 Å². The van der Waals surface area contributed by atoms with Crippen LogP contribution in [0.25, 0.3) is 0 Å². The van der Waals surface area contributed by atoms with E-state index < -0.39 is 6.03 Å². The van der Waals surface area contributed by atoms with Crippen LogP contribution in [0.1, 0.15) is 28.5 Å². The number of hydrogen-bond acceptors (Lipinski definition) is 8. The number of ether oxygens (including phenoxy) is 1. The van der Waals surface area contributed by atoms with Crippen LogP contribution in [0.15, 0.2) is 24.4 Å². The number of methoxy groups -OCH3 is 1. The van der Waals surface area contributed by atoms with Crippen molar-refractivity contribution < 1.29 is 19.1 Å². The van der Waals surface area contributed by atoms with Gasteiger partial charge < -0.3 is 15.0 Å². The Morgan fingerprint density at radius 3 is 2.69 bits per heavy atom. The molecule has 11 nitrogen and oxygen atoms in total. The first-order valence-corrected chi connectivity index (χ1v) is 9.65. The Balaban J connectivity index is 2.17. The van der Waals surface area contributed by atoms with E-state index in [0.29, 0.717) is 36.3 Å². The number of carbonyl (C=O) groups is 3. The molecule has 0 saturated carbocycles. The molecule has 2 heterocycles. The maximum atomic E-state index is 12.7. The van der Waals surface area contributed by atoms with E-state index in [2.05, 4.69) is 20.6 Å². The fourth-order valence-corrected chi connectivity index (χ4v) is 2.63. The van der Waals surface area contributed by atoms with Crippen molar-refractivity contribution in [3.8, 4) is 6.07 Å². The number of rotatable bonds is 9. The first-order valence-electron chi connectivity index (χ1n) is 9.65. The van der Waals surface area contributed by atoms with Gasteiger partial charge in [-0.15, -0.1) is 0 Å². The van der Waals surface area contributed by atoms with Gasteiger partial charge >= 0.3 is 6.03 Å². The van der Waals surface area contributed by atoms with Gasteiger partial charge in [0.05, 0.1) is 17.9 Å². The van der Waals surface area contributed by atoms with Gasteiger partial charge in [0.25, 0.3) is 0 Å². The summed E-state index contributed by atoms with van der Waals surface area (Å²) in [5, 5.41) is 14.9. The molecule has 11 heteroatoms. The van der Waals surface area contributed by atoms with E-state index in [1.165, 1.54) is 30.0 Å². The van der Waals surface area contributed by atoms with Gasteiger partial charge in [-0.05, 0) is 6.07 Å². The monoisotopic (exact) mass is 439 g/mol. The summed E-state index contributed by atoms with van der Waals surface area (Å²) in [5.74, 6) is 0.329. The largest absolute Gasteiger partial charge is 0.383 e. The molecule has 2 aromatic heterocycles. The lowest BCUT2D eigenvalue weighted by Crippen LogP contribution is -2.32. The first-order chi connectivity index (χ1) is 15.3. The SMILES string of the molecule is COCCNc1cc(NC(=O)N(C)c2ccc(CN(C)C(C)=O)c(C=O)n2)ncc1C#N. The van der Waals surface area contributed by atoms with Gasteiger partial charge in [0, 0.05) is 59.0 Å². The molecule has 2 N–H and O–H groups in total. The molecule has 32 heavy (non-hydrogen) atoms. The van der Waals surface area contributed by atoms with E-state index in [-0.39, 0.29) is 29.8 Å². The Hall–Kier alpha value is -4.04. The van der Waals surface area contributed by atoms with Crippen molar-refractivity contribution in [2.45, 2.75) is 13.5 Å². The second-order valence-corrected chi connectivity index (χ2v) is 6.84.